The van der Waals surface area contributed by atoms with Gasteiger partial charge in [0.25, 0.3) is 0 Å². The zero-order valence-electron chi connectivity index (χ0n) is 13.4. The van der Waals surface area contributed by atoms with Gasteiger partial charge >= 0.3 is 0 Å². The van der Waals surface area contributed by atoms with Gasteiger partial charge in [-0.1, -0.05) is 23.9 Å². The number of thiazole rings is 1. The molecule has 1 unspecified atom stereocenters. The van der Waals surface area contributed by atoms with Crippen LogP contribution in [-0.4, -0.2) is 36.3 Å². The zero-order chi connectivity index (χ0) is 17.1. The van der Waals surface area contributed by atoms with Crippen LogP contribution in [0.25, 0.3) is 5.69 Å². The van der Waals surface area contributed by atoms with E-state index in [0.717, 1.165) is 16.8 Å². The van der Waals surface area contributed by atoms with Gasteiger partial charge in [-0.15, -0.1) is 16.4 Å². The number of hydrogen-bond acceptors (Lipinski definition) is 7. The topological polar surface area (TPSA) is 85.6 Å². The average molecular weight is 360 g/mol. The van der Waals surface area contributed by atoms with E-state index in [1.54, 1.807) is 10.9 Å². The Balaban J connectivity index is 1.78. The summed E-state index contributed by atoms with van der Waals surface area (Å²) in [7, 11) is 0. The number of tetrazole rings is 1. The van der Waals surface area contributed by atoms with E-state index in [4.69, 9.17) is 0 Å². The molecule has 0 saturated carbocycles. The number of aromatic nitrogens is 5. The van der Waals surface area contributed by atoms with Crippen molar-refractivity contribution in [2.24, 2.45) is 0 Å². The van der Waals surface area contributed by atoms with Crippen molar-refractivity contribution in [1.82, 2.24) is 25.2 Å². The van der Waals surface area contributed by atoms with Crippen molar-refractivity contribution in [3.63, 3.8) is 0 Å². The minimum absolute atomic E-state index is 0.134. The summed E-state index contributed by atoms with van der Waals surface area (Å²) < 4.78 is 1.67. The van der Waals surface area contributed by atoms with Crippen molar-refractivity contribution in [3.05, 3.63) is 40.9 Å². The molecule has 0 aliphatic carbocycles. The molecule has 0 aliphatic heterocycles. The normalized spacial score (nSPS) is 12.1. The van der Waals surface area contributed by atoms with Crippen molar-refractivity contribution in [1.29, 1.82) is 0 Å². The van der Waals surface area contributed by atoms with Gasteiger partial charge in [-0.3, -0.25) is 4.79 Å². The lowest BCUT2D eigenvalue weighted by Crippen LogP contribution is -2.22. The molecule has 1 N–H and O–H groups in total. The highest BCUT2D eigenvalue weighted by atomic mass is 32.2. The van der Waals surface area contributed by atoms with Crippen LogP contribution in [0.2, 0.25) is 0 Å². The summed E-state index contributed by atoms with van der Waals surface area (Å²) in [6, 6.07) is 5.97. The predicted molar refractivity (Wildman–Crippen MR) is 94.7 cm³/mol. The van der Waals surface area contributed by atoms with Crippen LogP contribution in [0, 0.1) is 13.8 Å². The molecule has 7 nitrogen and oxygen atoms in total. The van der Waals surface area contributed by atoms with Crippen molar-refractivity contribution in [3.8, 4) is 5.69 Å². The number of nitrogens with zero attached hydrogens (tertiary/aromatic N) is 5. The number of carbonyl (C=O) groups excluding carboxylic acids is 1. The third-order valence-corrected chi connectivity index (χ3v) is 5.28. The largest absolute Gasteiger partial charge is 0.301 e. The Labute approximate surface area is 147 Å². The molecule has 0 saturated heterocycles. The molecular formula is C15H16N6OS2. The first-order chi connectivity index (χ1) is 11.6. The number of amides is 1. The van der Waals surface area contributed by atoms with Crippen LogP contribution in [0.15, 0.2) is 34.9 Å². The van der Waals surface area contributed by atoms with Gasteiger partial charge in [0.15, 0.2) is 5.13 Å². The number of thioether (sulfide) groups is 1. The average Bonchev–Trinajstić information content (AvgIpc) is 3.22. The fraction of sp³-hybridized carbons (Fsp3) is 0.267. The van der Waals surface area contributed by atoms with Gasteiger partial charge in [-0.05, 0) is 48.4 Å². The van der Waals surface area contributed by atoms with Crippen LogP contribution >= 0.6 is 23.1 Å². The minimum Gasteiger partial charge on any atom is -0.301 e. The quantitative estimate of drug-likeness (QED) is 0.704. The van der Waals surface area contributed by atoms with Crippen LogP contribution in [-0.2, 0) is 4.79 Å². The molecule has 2 aromatic heterocycles. The molecule has 1 amide bonds. The zero-order valence-corrected chi connectivity index (χ0v) is 15.1. The molecule has 24 heavy (non-hydrogen) atoms. The molecule has 1 aromatic carbocycles. The van der Waals surface area contributed by atoms with E-state index in [9.17, 15) is 4.79 Å². The fourth-order valence-corrected chi connectivity index (χ4v) is 3.40. The van der Waals surface area contributed by atoms with E-state index in [0.29, 0.717) is 10.3 Å². The second kappa shape index (κ2) is 7.10. The summed E-state index contributed by atoms with van der Waals surface area (Å²) in [6.45, 7) is 5.88. The van der Waals surface area contributed by atoms with Crippen molar-refractivity contribution in [2.45, 2.75) is 31.2 Å². The van der Waals surface area contributed by atoms with E-state index in [2.05, 4.69) is 25.8 Å². The van der Waals surface area contributed by atoms with Gasteiger partial charge in [-0.25, -0.2) is 4.98 Å². The van der Waals surface area contributed by atoms with E-state index >= 15 is 0 Å². The lowest BCUT2D eigenvalue weighted by Gasteiger charge is -2.12. The molecular weight excluding hydrogens is 344 g/mol. The van der Waals surface area contributed by atoms with Gasteiger partial charge < -0.3 is 5.32 Å². The Hall–Kier alpha value is -2.26. The minimum atomic E-state index is -0.358. The summed E-state index contributed by atoms with van der Waals surface area (Å²) in [5, 5.41) is 17.3. The van der Waals surface area contributed by atoms with Crippen LogP contribution in [0.1, 0.15) is 18.1 Å². The van der Waals surface area contributed by atoms with Crippen molar-refractivity contribution < 1.29 is 4.79 Å². The van der Waals surface area contributed by atoms with E-state index in [-0.39, 0.29) is 11.2 Å². The number of hydrogen-bond donors (Lipinski definition) is 1. The van der Waals surface area contributed by atoms with Crippen LogP contribution in [0.4, 0.5) is 5.13 Å². The Morgan fingerprint density at radius 3 is 2.96 bits per heavy atom. The third kappa shape index (κ3) is 3.46. The molecule has 3 aromatic rings. The summed E-state index contributed by atoms with van der Waals surface area (Å²) in [5.74, 6) is -0.134. The Morgan fingerprint density at radius 1 is 1.38 bits per heavy atom. The fourth-order valence-electron chi connectivity index (χ4n) is 2.07. The molecule has 3 rings (SSSR count). The molecule has 9 heteroatoms. The SMILES string of the molecule is Cc1cccc(-n2nnnc2SC(C)C(=O)Nc2nccs2)c1C. The lowest BCUT2D eigenvalue weighted by atomic mass is 10.1. The second-order valence-corrected chi connectivity index (χ2v) is 7.38. The number of rotatable bonds is 5. The molecule has 0 fully saturated rings. The first-order valence-electron chi connectivity index (χ1n) is 7.28. The number of aryl methyl sites for hydroxylation is 1. The number of benzene rings is 1. The highest BCUT2D eigenvalue weighted by molar-refractivity contribution is 8.00. The highest BCUT2D eigenvalue weighted by Crippen LogP contribution is 2.26. The van der Waals surface area contributed by atoms with E-state index < -0.39 is 0 Å². The summed E-state index contributed by atoms with van der Waals surface area (Å²) in [5.41, 5.74) is 3.18. The molecule has 1 atom stereocenters. The van der Waals surface area contributed by atoms with Crippen molar-refractivity contribution in [2.75, 3.05) is 5.32 Å². The maximum absolute atomic E-state index is 12.3. The summed E-state index contributed by atoms with van der Waals surface area (Å²) >= 11 is 2.69. The number of anilines is 1. The molecule has 0 spiro atoms. The lowest BCUT2D eigenvalue weighted by molar-refractivity contribution is -0.115. The highest BCUT2D eigenvalue weighted by Gasteiger charge is 2.20. The number of carbonyl (C=O) groups is 1. The van der Waals surface area contributed by atoms with Crippen LogP contribution in [0.5, 0.6) is 0 Å². The van der Waals surface area contributed by atoms with Gasteiger partial charge in [0.2, 0.25) is 11.1 Å². The standard InChI is InChI=1S/C15H16N6OS2/c1-9-5-4-6-12(10(9)2)21-15(18-19-20-21)24-11(3)13(22)17-14-16-7-8-23-14/h4-8,11H,1-3H3,(H,16,17,22). The van der Waals surface area contributed by atoms with E-state index in [1.807, 2.05) is 44.4 Å². The second-order valence-electron chi connectivity index (χ2n) is 5.18. The summed E-state index contributed by atoms with van der Waals surface area (Å²) in [4.78, 5) is 16.3. The first kappa shape index (κ1) is 16.6. The van der Waals surface area contributed by atoms with Gasteiger partial charge in [0.05, 0.1) is 10.9 Å². The molecule has 124 valence electrons. The van der Waals surface area contributed by atoms with Crippen molar-refractivity contribution >= 4 is 34.1 Å². The number of nitrogens with one attached hydrogen (secondary N) is 1. The molecule has 0 aliphatic rings. The third-order valence-electron chi connectivity index (χ3n) is 3.56. The molecule has 0 bridgehead atoms. The first-order valence-corrected chi connectivity index (χ1v) is 9.04. The summed E-state index contributed by atoms with van der Waals surface area (Å²) in [6.07, 6.45) is 1.65. The monoisotopic (exact) mass is 360 g/mol. The van der Waals surface area contributed by atoms with Gasteiger partial charge in [-0.2, -0.15) is 4.68 Å². The van der Waals surface area contributed by atoms with Gasteiger partial charge in [0, 0.05) is 11.6 Å². The maximum atomic E-state index is 12.3. The predicted octanol–water partition coefficient (Wildman–Crippen LogP) is 2.85. The van der Waals surface area contributed by atoms with Crippen LogP contribution in [0.3, 0.4) is 0 Å². The maximum Gasteiger partial charge on any atom is 0.239 e. The molecule has 0 radical (unpaired) electrons. The Bertz CT molecular complexity index is 846. The van der Waals surface area contributed by atoms with Crippen LogP contribution < -0.4 is 5.32 Å². The van der Waals surface area contributed by atoms with E-state index in [1.165, 1.54) is 23.1 Å². The van der Waals surface area contributed by atoms with Gasteiger partial charge in [0.1, 0.15) is 0 Å². The Kier molecular flexibility index (Phi) is 4.91. The Morgan fingerprint density at radius 2 is 2.21 bits per heavy atom. The smallest absolute Gasteiger partial charge is 0.239 e. The molecule has 2 heterocycles.